The fraction of sp³-hybridized carbons (Fsp3) is 0.0714. The number of amides is 2. The predicted octanol–water partition coefficient (Wildman–Crippen LogP) is 2.33. The molecule has 0 radical (unpaired) electrons. The van der Waals surface area contributed by atoms with E-state index in [2.05, 4.69) is 10.7 Å². The van der Waals surface area contributed by atoms with E-state index in [4.69, 9.17) is 0 Å². The van der Waals surface area contributed by atoms with Gasteiger partial charge in [-0.25, -0.2) is 10.2 Å². The van der Waals surface area contributed by atoms with Gasteiger partial charge in [-0.15, -0.1) is 0 Å². The second kappa shape index (κ2) is 5.12. The van der Waals surface area contributed by atoms with Gasteiger partial charge in [0, 0.05) is 12.1 Å². The Balaban J connectivity index is 1.98. The minimum atomic E-state index is -0.466. The summed E-state index contributed by atoms with van der Waals surface area (Å²) < 4.78 is 0. The topological polar surface area (TPSA) is 87.5 Å². The number of nitro benzene ring substituents is 1. The predicted molar refractivity (Wildman–Crippen MR) is 76.4 cm³/mol. The molecule has 1 fully saturated rings. The number of benzene rings is 2. The van der Waals surface area contributed by atoms with Crippen LogP contribution in [0.25, 0.3) is 0 Å². The van der Waals surface area contributed by atoms with Gasteiger partial charge in [-0.2, -0.15) is 0 Å². The van der Waals surface area contributed by atoms with Crippen molar-refractivity contribution in [2.45, 2.75) is 6.17 Å². The number of nitrogens with zero attached hydrogens (tertiary/aromatic N) is 2. The molecule has 2 aromatic carbocycles. The lowest BCUT2D eigenvalue weighted by Crippen LogP contribution is -2.34. The number of anilines is 1. The van der Waals surface area contributed by atoms with E-state index in [-0.39, 0.29) is 11.7 Å². The first-order valence-electron chi connectivity index (χ1n) is 6.31. The number of carbonyl (C=O) groups is 1. The van der Waals surface area contributed by atoms with Gasteiger partial charge in [0.25, 0.3) is 5.69 Å². The Labute approximate surface area is 120 Å². The average molecular weight is 284 g/mol. The molecule has 1 atom stereocenters. The van der Waals surface area contributed by atoms with E-state index in [1.165, 1.54) is 12.1 Å². The third-order valence-electron chi connectivity index (χ3n) is 3.18. The summed E-state index contributed by atoms with van der Waals surface area (Å²) in [6.07, 6.45) is -0.416. The number of urea groups is 1. The second-order valence-corrected chi connectivity index (χ2v) is 4.55. The molecule has 0 aromatic heterocycles. The van der Waals surface area contributed by atoms with Gasteiger partial charge < -0.3 is 5.32 Å². The molecule has 0 bridgehead atoms. The summed E-state index contributed by atoms with van der Waals surface area (Å²) in [5.41, 5.74) is 4.03. The first kappa shape index (κ1) is 12.9. The van der Waals surface area contributed by atoms with Crippen LogP contribution < -0.4 is 15.8 Å². The van der Waals surface area contributed by atoms with Crippen LogP contribution in [0.4, 0.5) is 16.2 Å². The van der Waals surface area contributed by atoms with Crippen molar-refractivity contribution in [3.05, 3.63) is 70.3 Å². The van der Waals surface area contributed by atoms with Gasteiger partial charge >= 0.3 is 6.03 Å². The summed E-state index contributed by atoms with van der Waals surface area (Å²) in [7, 11) is 0. The Kier molecular flexibility index (Phi) is 3.15. The SMILES string of the molecule is O=C1N[C@H](c2ccccc2)N(c2cccc([N+](=O)[O-])c2)N1. The van der Waals surface area contributed by atoms with Crippen molar-refractivity contribution in [3.63, 3.8) is 0 Å². The zero-order valence-corrected chi connectivity index (χ0v) is 10.9. The van der Waals surface area contributed by atoms with E-state index in [9.17, 15) is 14.9 Å². The summed E-state index contributed by atoms with van der Waals surface area (Å²) >= 11 is 0. The molecule has 7 nitrogen and oxygen atoms in total. The molecule has 106 valence electrons. The van der Waals surface area contributed by atoms with Crippen LogP contribution in [0.5, 0.6) is 0 Å². The van der Waals surface area contributed by atoms with E-state index in [1.807, 2.05) is 30.3 Å². The Morgan fingerprint density at radius 1 is 1.10 bits per heavy atom. The Bertz CT molecular complexity index is 690. The largest absolute Gasteiger partial charge is 0.335 e. The number of hydrogen-bond donors (Lipinski definition) is 2. The molecule has 1 heterocycles. The lowest BCUT2D eigenvalue weighted by Gasteiger charge is -2.24. The molecule has 1 saturated heterocycles. The van der Waals surface area contributed by atoms with Gasteiger partial charge in [0.05, 0.1) is 10.6 Å². The minimum Gasteiger partial charge on any atom is -0.311 e. The zero-order chi connectivity index (χ0) is 14.8. The highest BCUT2D eigenvalue weighted by Crippen LogP contribution is 2.28. The number of hydrazine groups is 1. The molecule has 2 amide bonds. The van der Waals surface area contributed by atoms with E-state index >= 15 is 0 Å². The lowest BCUT2D eigenvalue weighted by molar-refractivity contribution is -0.384. The first-order valence-corrected chi connectivity index (χ1v) is 6.31. The minimum absolute atomic E-state index is 0.0274. The number of carbonyl (C=O) groups excluding carboxylic acids is 1. The number of hydrogen-bond acceptors (Lipinski definition) is 4. The standard InChI is InChI=1S/C14H12N4O3/c19-14-15-13(10-5-2-1-3-6-10)17(16-14)11-7-4-8-12(9-11)18(20)21/h1-9,13H,(H2,15,16,19)/t13-/m0/s1. The quantitative estimate of drug-likeness (QED) is 0.669. The molecule has 0 aliphatic carbocycles. The molecule has 7 heteroatoms. The van der Waals surface area contributed by atoms with Crippen molar-refractivity contribution < 1.29 is 9.72 Å². The molecule has 2 aromatic rings. The summed E-state index contributed by atoms with van der Waals surface area (Å²) in [4.78, 5) is 22.0. The van der Waals surface area contributed by atoms with Crippen molar-refractivity contribution in [2.24, 2.45) is 0 Å². The normalized spacial score (nSPS) is 17.2. The Morgan fingerprint density at radius 2 is 1.86 bits per heavy atom. The van der Waals surface area contributed by atoms with Gasteiger partial charge in [0.1, 0.15) is 6.17 Å². The first-order chi connectivity index (χ1) is 10.1. The van der Waals surface area contributed by atoms with Crippen LogP contribution in [-0.4, -0.2) is 11.0 Å². The van der Waals surface area contributed by atoms with Gasteiger partial charge in [-0.3, -0.25) is 15.1 Å². The monoisotopic (exact) mass is 284 g/mol. The smallest absolute Gasteiger partial charge is 0.311 e. The number of rotatable bonds is 3. The summed E-state index contributed by atoms with van der Waals surface area (Å²) in [5, 5.41) is 15.2. The third-order valence-corrected chi connectivity index (χ3v) is 3.18. The Hall–Kier alpha value is -3.09. The summed E-state index contributed by atoms with van der Waals surface area (Å²) in [5.74, 6) is 0. The van der Waals surface area contributed by atoms with Crippen LogP contribution in [0.2, 0.25) is 0 Å². The summed E-state index contributed by atoms with van der Waals surface area (Å²) in [6, 6.07) is 15.1. The van der Waals surface area contributed by atoms with Crippen LogP contribution >= 0.6 is 0 Å². The lowest BCUT2D eigenvalue weighted by atomic mass is 10.1. The Morgan fingerprint density at radius 3 is 2.57 bits per heavy atom. The molecule has 3 rings (SSSR count). The fourth-order valence-electron chi connectivity index (χ4n) is 2.23. The molecule has 0 spiro atoms. The number of nitrogens with one attached hydrogen (secondary N) is 2. The maximum atomic E-state index is 11.6. The van der Waals surface area contributed by atoms with Crippen LogP contribution in [0.15, 0.2) is 54.6 Å². The van der Waals surface area contributed by atoms with Gasteiger partial charge in [-0.05, 0) is 11.6 Å². The van der Waals surface area contributed by atoms with E-state index in [0.29, 0.717) is 5.69 Å². The van der Waals surface area contributed by atoms with E-state index in [0.717, 1.165) is 5.56 Å². The van der Waals surface area contributed by atoms with Crippen molar-refractivity contribution >= 4 is 17.4 Å². The second-order valence-electron chi connectivity index (χ2n) is 4.55. The number of nitro groups is 1. The van der Waals surface area contributed by atoms with Gasteiger partial charge in [-0.1, -0.05) is 36.4 Å². The maximum absolute atomic E-state index is 11.6. The molecular weight excluding hydrogens is 272 g/mol. The van der Waals surface area contributed by atoms with E-state index < -0.39 is 11.1 Å². The molecule has 0 saturated carbocycles. The highest BCUT2D eigenvalue weighted by atomic mass is 16.6. The van der Waals surface area contributed by atoms with Crippen LogP contribution in [0, 0.1) is 10.1 Å². The van der Waals surface area contributed by atoms with Crippen molar-refractivity contribution in [3.8, 4) is 0 Å². The zero-order valence-electron chi connectivity index (χ0n) is 10.9. The van der Waals surface area contributed by atoms with Gasteiger partial charge in [0.15, 0.2) is 0 Å². The molecule has 1 aliphatic rings. The molecule has 1 aliphatic heterocycles. The van der Waals surface area contributed by atoms with Gasteiger partial charge in [0.2, 0.25) is 0 Å². The summed E-state index contributed by atoms with van der Waals surface area (Å²) in [6.45, 7) is 0. The van der Waals surface area contributed by atoms with Crippen molar-refractivity contribution in [1.29, 1.82) is 0 Å². The highest BCUT2D eigenvalue weighted by molar-refractivity contribution is 5.81. The van der Waals surface area contributed by atoms with Crippen LogP contribution in [-0.2, 0) is 0 Å². The number of non-ortho nitro benzene ring substituents is 1. The fourth-order valence-corrected chi connectivity index (χ4v) is 2.23. The van der Waals surface area contributed by atoms with Crippen molar-refractivity contribution in [2.75, 3.05) is 5.01 Å². The van der Waals surface area contributed by atoms with Crippen molar-refractivity contribution in [1.82, 2.24) is 10.7 Å². The maximum Gasteiger partial charge on any atom is 0.335 e. The van der Waals surface area contributed by atoms with E-state index in [1.54, 1.807) is 17.1 Å². The third kappa shape index (κ3) is 2.48. The molecule has 21 heavy (non-hydrogen) atoms. The molecular formula is C14H12N4O3. The molecule has 0 unspecified atom stereocenters. The highest BCUT2D eigenvalue weighted by Gasteiger charge is 2.31. The van der Waals surface area contributed by atoms with Crippen LogP contribution in [0.3, 0.4) is 0 Å². The average Bonchev–Trinajstić information content (AvgIpc) is 2.90. The molecule has 2 N–H and O–H groups in total. The van der Waals surface area contributed by atoms with Crippen LogP contribution in [0.1, 0.15) is 11.7 Å².